The molecule has 0 aliphatic heterocycles. The minimum Gasteiger partial charge on any atom is -0.382 e. The van der Waals surface area contributed by atoms with Gasteiger partial charge in [0, 0.05) is 0 Å². The number of carbonyl (C=O) groups is 1. The van der Waals surface area contributed by atoms with Gasteiger partial charge in [0.1, 0.15) is 0 Å². The van der Waals surface area contributed by atoms with E-state index in [2.05, 4.69) is 9.97 Å². The molecule has 0 aliphatic carbocycles. The lowest BCUT2D eigenvalue weighted by atomic mass is 10.3. The molecule has 0 radical (unpaired) electrons. The Kier molecular flexibility index (Phi) is 2.28. The lowest BCUT2D eigenvalue weighted by molar-refractivity contribution is -0.141. The van der Waals surface area contributed by atoms with Crippen molar-refractivity contribution in [2.24, 2.45) is 5.73 Å². The fraction of sp³-hybridized carbons (Fsp3) is 0.167. The highest BCUT2D eigenvalue weighted by Crippen LogP contribution is 2.27. The summed E-state index contributed by atoms with van der Waals surface area (Å²) in [5, 5.41) is 0. The van der Waals surface area contributed by atoms with E-state index in [1.54, 1.807) is 0 Å². The van der Waals surface area contributed by atoms with Gasteiger partial charge in [0.2, 0.25) is 0 Å². The Morgan fingerprint density at radius 1 is 1.43 bits per heavy atom. The van der Waals surface area contributed by atoms with Crippen molar-refractivity contribution in [3.8, 4) is 0 Å². The molecule has 1 aromatic rings. The molecule has 0 aliphatic rings. The lowest BCUT2D eigenvalue weighted by Gasteiger charge is -2.06. The molecule has 0 saturated heterocycles. The van der Waals surface area contributed by atoms with Crippen LogP contribution in [-0.4, -0.2) is 15.9 Å². The average molecular weight is 206 g/mol. The maximum absolute atomic E-state index is 12.0. The van der Waals surface area contributed by atoms with Gasteiger partial charge in [-0.05, 0) is 0 Å². The number of nitrogen functional groups attached to an aromatic ring is 1. The third kappa shape index (κ3) is 1.90. The van der Waals surface area contributed by atoms with Crippen molar-refractivity contribution in [2.75, 3.05) is 5.73 Å². The van der Waals surface area contributed by atoms with E-state index in [1.807, 2.05) is 0 Å². The summed E-state index contributed by atoms with van der Waals surface area (Å²) in [6, 6.07) is 0. The molecular weight excluding hydrogens is 201 g/mol. The van der Waals surface area contributed by atoms with E-state index in [0.29, 0.717) is 6.20 Å². The highest BCUT2D eigenvalue weighted by atomic mass is 19.4. The van der Waals surface area contributed by atoms with Crippen molar-refractivity contribution >= 4 is 11.7 Å². The van der Waals surface area contributed by atoms with Crippen LogP contribution in [0.25, 0.3) is 0 Å². The van der Waals surface area contributed by atoms with Gasteiger partial charge < -0.3 is 11.5 Å². The van der Waals surface area contributed by atoms with Gasteiger partial charge in [0.05, 0.1) is 6.20 Å². The molecule has 0 bridgehead atoms. The first-order valence-electron chi connectivity index (χ1n) is 3.32. The van der Waals surface area contributed by atoms with Crippen molar-refractivity contribution in [3.63, 3.8) is 0 Å². The normalized spacial score (nSPS) is 11.4. The number of hydrogen-bond acceptors (Lipinski definition) is 4. The predicted molar refractivity (Wildman–Crippen MR) is 40.0 cm³/mol. The van der Waals surface area contributed by atoms with Crippen molar-refractivity contribution in [3.05, 3.63) is 17.6 Å². The van der Waals surface area contributed by atoms with Crippen molar-refractivity contribution < 1.29 is 18.0 Å². The predicted octanol–water partition coefficient (Wildman–Crippen LogP) is 0.176. The number of nitrogens with two attached hydrogens (primary N) is 2. The number of aromatic nitrogens is 2. The number of hydrogen-bond donors (Lipinski definition) is 2. The molecule has 0 fully saturated rings. The van der Waals surface area contributed by atoms with Crippen LogP contribution in [-0.2, 0) is 6.18 Å². The monoisotopic (exact) mass is 206 g/mol. The SMILES string of the molecule is NC(=O)c1ncc(C(F)(F)F)nc1N. The van der Waals surface area contributed by atoms with E-state index in [4.69, 9.17) is 11.5 Å². The lowest BCUT2D eigenvalue weighted by Crippen LogP contribution is -2.19. The largest absolute Gasteiger partial charge is 0.434 e. The summed E-state index contributed by atoms with van der Waals surface area (Å²) < 4.78 is 36.1. The summed E-state index contributed by atoms with van der Waals surface area (Å²) in [5.41, 5.74) is 8.08. The number of carbonyl (C=O) groups excluding carboxylic acids is 1. The fourth-order valence-corrected chi connectivity index (χ4v) is 0.730. The van der Waals surface area contributed by atoms with Gasteiger partial charge in [0.15, 0.2) is 17.2 Å². The molecule has 0 saturated carbocycles. The van der Waals surface area contributed by atoms with Crippen molar-refractivity contribution in [1.29, 1.82) is 0 Å². The Bertz CT molecular complexity index is 376. The molecule has 0 aromatic carbocycles. The maximum atomic E-state index is 12.0. The van der Waals surface area contributed by atoms with Crippen LogP contribution in [0.1, 0.15) is 16.2 Å². The van der Waals surface area contributed by atoms with E-state index in [0.717, 1.165) is 0 Å². The second-order valence-corrected chi connectivity index (χ2v) is 2.35. The van der Waals surface area contributed by atoms with Crippen LogP contribution >= 0.6 is 0 Å². The van der Waals surface area contributed by atoms with E-state index in [1.165, 1.54) is 0 Å². The number of nitrogens with zero attached hydrogens (tertiary/aromatic N) is 2. The third-order valence-electron chi connectivity index (χ3n) is 1.32. The van der Waals surface area contributed by atoms with Gasteiger partial charge in [-0.25, -0.2) is 9.97 Å². The van der Waals surface area contributed by atoms with Gasteiger partial charge in [-0.2, -0.15) is 13.2 Å². The molecule has 4 N–H and O–H groups in total. The van der Waals surface area contributed by atoms with Crippen LogP contribution < -0.4 is 11.5 Å². The van der Waals surface area contributed by atoms with E-state index >= 15 is 0 Å². The van der Waals surface area contributed by atoms with E-state index in [9.17, 15) is 18.0 Å². The first-order chi connectivity index (χ1) is 6.32. The van der Waals surface area contributed by atoms with Crippen LogP contribution in [0, 0.1) is 0 Å². The number of amides is 1. The quantitative estimate of drug-likeness (QED) is 0.684. The summed E-state index contributed by atoms with van der Waals surface area (Å²) in [4.78, 5) is 16.7. The molecule has 1 amide bonds. The number of alkyl halides is 3. The minimum atomic E-state index is -4.64. The van der Waals surface area contributed by atoms with Gasteiger partial charge in [-0.1, -0.05) is 0 Å². The molecule has 1 aromatic heterocycles. The van der Waals surface area contributed by atoms with Crippen LogP contribution in [0.5, 0.6) is 0 Å². The van der Waals surface area contributed by atoms with Crippen LogP contribution in [0.3, 0.4) is 0 Å². The second kappa shape index (κ2) is 3.13. The van der Waals surface area contributed by atoms with E-state index < -0.39 is 29.3 Å². The topological polar surface area (TPSA) is 94.9 Å². The molecule has 1 rings (SSSR count). The summed E-state index contributed by atoms with van der Waals surface area (Å²) in [5.74, 6) is -1.66. The molecule has 8 heteroatoms. The minimum absolute atomic E-state index is 0.399. The first-order valence-corrected chi connectivity index (χ1v) is 3.32. The Morgan fingerprint density at radius 3 is 2.36 bits per heavy atom. The van der Waals surface area contributed by atoms with Crippen molar-refractivity contribution in [1.82, 2.24) is 9.97 Å². The zero-order chi connectivity index (χ0) is 10.9. The number of anilines is 1. The second-order valence-electron chi connectivity index (χ2n) is 2.35. The van der Waals surface area contributed by atoms with Gasteiger partial charge in [0.25, 0.3) is 5.91 Å². The highest BCUT2D eigenvalue weighted by Gasteiger charge is 2.33. The zero-order valence-corrected chi connectivity index (χ0v) is 6.67. The molecule has 14 heavy (non-hydrogen) atoms. The van der Waals surface area contributed by atoms with Crippen LogP contribution in [0.2, 0.25) is 0 Å². The number of rotatable bonds is 1. The van der Waals surface area contributed by atoms with Crippen LogP contribution in [0.4, 0.5) is 19.0 Å². The Hall–Kier alpha value is -1.86. The molecule has 0 spiro atoms. The maximum Gasteiger partial charge on any atom is 0.434 e. The van der Waals surface area contributed by atoms with Gasteiger partial charge in [-0.3, -0.25) is 4.79 Å². The summed E-state index contributed by atoms with van der Waals surface area (Å²) in [7, 11) is 0. The Labute approximate surface area is 75.9 Å². The molecular formula is C6H5F3N4O. The molecule has 5 nitrogen and oxygen atoms in total. The number of primary amides is 1. The van der Waals surface area contributed by atoms with Gasteiger partial charge in [-0.15, -0.1) is 0 Å². The third-order valence-corrected chi connectivity index (χ3v) is 1.32. The number of halogens is 3. The van der Waals surface area contributed by atoms with Crippen LogP contribution in [0.15, 0.2) is 6.20 Å². The highest BCUT2D eigenvalue weighted by molar-refractivity contribution is 5.94. The van der Waals surface area contributed by atoms with E-state index in [-0.39, 0.29) is 0 Å². The molecule has 0 atom stereocenters. The molecule has 76 valence electrons. The summed E-state index contributed by atoms with van der Waals surface area (Å²) in [6.45, 7) is 0. The summed E-state index contributed by atoms with van der Waals surface area (Å²) >= 11 is 0. The zero-order valence-electron chi connectivity index (χ0n) is 6.67. The average Bonchev–Trinajstić information content (AvgIpc) is 2.01. The Morgan fingerprint density at radius 2 is 2.00 bits per heavy atom. The smallest absolute Gasteiger partial charge is 0.382 e. The van der Waals surface area contributed by atoms with Gasteiger partial charge >= 0.3 is 6.18 Å². The van der Waals surface area contributed by atoms with Crippen molar-refractivity contribution in [2.45, 2.75) is 6.18 Å². The molecule has 0 unspecified atom stereocenters. The Balaban J connectivity index is 3.20. The summed E-state index contributed by atoms with van der Waals surface area (Å²) in [6.07, 6.45) is -4.24. The fourth-order valence-electron chi connectivity index (χ4n) is 0.730. The first kappa shape index (κ1) is 10.2. The molecule has 1 heterocycles. The standard InChI is InChI=1S/C6H5F3N4O/c7-6(8,9)2-1-12-3(5(11)14)4(10)13-2/h1H,(H2,10,13)(H2,11,14).